The zero-order valence-corrected chi connectivity index (χ0v) is 13.1. The molecule has 1 aromatic carbocycles. The quantitative estimate of drug-likeness (QED) is 0.928. The highest BCUT2D eigenvalue weighted by Gasteiger charge is 2.24. The Labute approximate surface area is 126 Å². The smallest absolute Gasteiger partial charge is 0.263 e. The molecule has 1 saturated heterocycles. The number of aryl methyl sites for hydroxylation is 1. The average Bonchev–Trinajstić information content (AvgIpc) is 2.49. The van der Waals surface area contributed by atoms with Crippen LogP contribution in [0.4, 0.5) is 0 Å². The molecule has 0 aromatic heterocycles. The minimum absolute atomic E-state index is 0.0341. The van der Waals surface area contributed by atoms with E-state index in [2.05, 4.69) is 0 Å². The lowest BCUT2D eigenvalue weighted by Gasteiger charge is -2.29. The monoisotopic (exact) mass is 291 g/mol. The molecule has 21 heavy (non-hydrogen) atoms. The average molecular weight is 291 g/mol. The Hall–Kier alpha value is -1.55. The summed E-state index contributed by atoms with van der Waals surface area (Å²) in [6, 6.07) is 5.66. The third-order valence-electron chi connectivity index (χ3n) is 3.93. The number of piperidine rings is 1. The lowest BCUT2D eigenvalue weighted by molar-refractivity contribution is -0.138. The molecular formula is C17H25NO3. The van der Waals surface area contributed by atoms with Crippen LogP contribution in [0.1, 0.15) is 50.3 Å². The second-order valence-corrected chi connectivity index (χ2v) is 5.86. The van der Waals surface area contributed by atoms with Crippen LogP contribution in [0.5, 0.6) is 5.75 Å². The van der Waals surface area contributed by atoms with E-state index in [1.54, 1.807) is 13.8 Å². The maximum Gasteiger partial charge on any atom is 0.263 e. The maximum atomic E-state index is 12.4. The Morgan fingerprint density at radius 1 is 1.24 bits per heavy atom. The molecule has 1 N–H and O–H groups in total. The van der Waals surface area contributed by atoms with Crippen LogP contribution < -0.4 is 4.74 Å². The topological polar surface area (TPSA) is 49.8 Å². The highest BCUT2D eigenvalue weighted by Crippen LogP contribution is 2.27. The van der Waals surface area contributed by atoms with Crippen molar-refractivity contribution in [2.24, 2.45) is 0 Å². The van der Waals surface area contributed by atoms with Crippen LogP contribution in [0.3, 0.4) is 0 Å². The van der Waals surface area contributed by atoms with Crippen LogP contribution in [-0.4, -0.2) is 35.1 Å². The number of likely N-dealkylation sites (tertiary alicyclic amines) is 1. The molecule has 2 rings (SSSR count). The number of rotatable bonds is 4. The molecule has 0 spiro atoms. The summed E-state index contributed by atoms with van der Waals surface area (Å²) in [7, 11) is 0. The Balaban J connectivity index is 2.08. The summed E-state index contributed by atoms with van der Waals surface area (Å²) in [6.45, 7) is 7.10. The van der Waals surface area contributed by atoms with E-state index in [0.717, 1.165) is 37.1 Å². The summed E-state index contributed by atoms with van der Waals surface area (Å²) in [5.41, 5.74) is 1.79. The van der Waals surface area contributed by atoms with Crippen LogP contribution in [0.25, 0.3) is 0 Å². The molecule has 0 saturated carbocycles. The fraction of sp³-hybridized carbons (Fsp3) is 0.588. The maximum absolute atomic E-state index is 12.4. The number of hydrogen-bond acceptors (Lipinski definition) is 3. The molecule has 116 valence electrons. The molecule has 1 aromatic rings. The van der Waals surface area contributed by atoms with Gasteiger partial charge in [0.1, 0.15) is 5.75 Å². The van der Waals surface area contributed by atoms with Gasteiger partial charge in [0, 0.05) is 18.7 Å². The molecule has 4 heteroatoms. The van der Waals surface area contributed by atoms with Gasteiger partial charge in [0.15, 0.2) is 6.10 Å². The van der Waals surface area contributed by atoms with Crippen molar-refractivity contribution in [3.63, 3.8) is 0 Å². The Kier molecular flexibility index (Phi) is 5.23. The fourth-order valence-electron chi connectivity index (χ4n) is 2.71. The summed E-state index contributed by atoms with van der Waals surface area (Å²) in [4.78, 5) is 14.3. The SMILES string of the molecule is Cc1ccc(OC(C)C(=O)N2CCCCC2)c(C(C)O)c1. The van der Waals surface area contributed by atoms with Crippen molar-refractivity contribution >= 4 is 5.91 Å². The number of aliphatic hydroxyl groups excluding tert-OH is 1. The highest BCUT2D eigenvalue weighted by atomic mass is 16.5. The minimum Gasteiger partial charge on any atom is -0.481 e. The van der Waals surface area contributed by atoms with Gasteiger partial charge in [0.25, 0.3) is 5.91 Å². The third kappa shape index (κ3) is 3.97. The first-order valence-corrected chi connectivity index (χ1v) is 7.73. The molecule has 0 aliphatic carbocycles. The highest BCUT2D eigenvalue weighted by molar-refractivity contribution is 5.81. The summed E-state index contributed by atoms with van der Waals surface area (Å²) in [5, 5.41) is 9.85. The molecule has 0 radical (unpaired) electrons. The van der Waals surface area contributed by atoms with Crippen molar-refractivity contribution in [2.45, 2.75) is 52.2 Å². The molecule has 2 atom stereocenters. The molecule has 1 fully saturated rings. The first-order valence-electron chi connectivity index (χ1n) is 7.73. The Morgan fingerprint density at radius 2 is 1.90 bits per heavy atom. The summed E-state index contributed by atoms with van der Waals surface area (Å²) < 4.78 is 5.83. The van der Waals surface area contributed by atoms with Crippen LogP contribution in [0.15, 0.2) is 18.2 Å². The second-order valence-electron chi connectivity index (χ2n) is 5.86. The van der Waals surface area contributed by atoms with Crippen molar-refractivity contribution in [1.29, 1.82) is 0 Å². The van der Waals surface area contributed by atoms with Crippen LogP contribution >= 0.6 is 0 Å². The van der Waals surface area contributed by atoms with E-state index in [1.807, 2.05) is 30.0 Å². The zero-order valence-electron chi connectivity index (χ0n) is 13.1. The lowest BCUT2D eigenvalue weighted by Crippen LogP contribution is -2.43. The predicted molar refractivity (Wildman–Crippen MR) is 82.3 cm³/mol. The fourth-order valence-corrected chi connectivity index (χ4v) is 2.71. The van der Waals surface area contributed by atoms with E-state index >= 15 is 0 Å². The van der Waals surface area contributed by atoms with Gasteiger partial charge in [-0.05, 0) is 52.2 Å². The standard InChI is InChI=1S/C17H25NO3/c1-12-7-8-16(15(11-12)13(2)19)21-14(3)17(20)18-9-5-4-6-10-18/h7-8,11,13-14,19H,4-6,9-10H2,1-3H3. The van der Waals surface area contributed by atoms with Crippen LogP contribution in [0, 0.1) is 6.92 Å². The van der Waals surface area contributed by atoms with Gasteiger partial charge in [-0.15, -0.1) is 0 Å². The molecule has 0 bridgehead atoms. The van der Waals surface area contributed by atoms with Crippen molar-refractivity contribution in [2.75, 3.05) is 13.1 Å². The molecule has 1 heterocycles. The number of carbonyl (C=O) groups is 1. The van der Waals surface area contributed by atoms with E-state index < -0.39 is 12.2 Å². The summed E-state index contributed by atoms with van der Waals surface area (Å²) in [5.74, 6) is 0.625. The van der Waals surface area contributed by atoms with E-state index in [9.17, 15) is 9.90 Å². The number of carbonyl (C=O) groups excluding carboxylic acids is 1. The number of nitrogens with zero attached hydrogens (tertiary/aromatic N) is 1. The first-order chi connectivity index (χ1) is 9.99. The van der Waals surface area contributed by atoms with Gasteiger partial charge in [-0.2, -0.15) is 0 Å². The van der Waals surface area contributed by atoms with Gasteiger partial charge in [0.05, 0.1) is 6.10 Å². The Morgan fingerprint density at radius 3 is 2.52 bits per heavy atom. The van der Waals surface area contributed by atoms with Crippen LogP contribution in [0.2, 0.25) is 0 Å². The first kappa shape index (κ1) is 15.8. The second kappa shape index (κ2) is 6.94. The van der Waals surface area contributed by atoms with Crippen molar-refractivity contribution in [3.8, 4) is 5.75 Å². The number of amides is 1. The van der Waals surface area contributed by atoms with E-state index in [4.69, 9.17) is 4.74 Å². The van der Waals surface area contributed by atoms with Crippen molar-refractivity contribution in [3.05, 3.63) is 29.3 Å². The minimum atomic E-state index is -0.614. The molecule has 2 unspecified atom stereocenters. The van der Waals surface area contributed by atoms with Crippen molar-refractivity contribution in [1.82, 2.24) is 4.90 Å². The molecule has 1 amide bonds. The molecule has 4 nitrogen and oxygen atoms in total. The Bertz CT molecular complexity index is 493. The normalized spacial score (nSPS) is 18.2. The van der Waals surface area contributed by atoms with Crippen molar-refractivity contribution < 1.29 is 14.6 Å². The third-order valence-corrected chi connectivity index (χ3v) is 3.93. The van der Waals surface area contributed by atoms with Gasteiger partial charge in [0.2, 0.25) is 0 Å². The molecular weight excluding hydrogens is 266 g/mol. The summed E-state index contributed by atoms with van der Waals surface area (Å²) in [6.07, 6.45) is 2.20. The number of ether oxygens (including phenoxy) is 1. The van der Waals surface area contributed by atoms with Gasteiger partial charge in [-0.25, -0.2) is 0 Å². The molecule has 1 aliphatic heterocycles. The van der Waals surface area contributed by atoms with Crippen LogP contribution in [-0.2, 0) is 4.79 Å². The molecule has 1 aliphatic rings. The predicted octanol–water partition coefficient (Wildman–Crippen LogP) is 2.83. The number of benzene rings is 1. The lowest BCUT2D eigenvalue weighted by atomic mass is 10.1. The van der Waals surface area contributed by atoms with E-state index in [1.165, 1.54) is 6.42 Å². The van der Waals surface area contributed by atoms with E-state index in [-0.39, 0.29) is 5.91 Å². The zero-order chi connectivity index (χ0) is 15.4. The van der Waals surface area contributed by atoms with Gasteiger partial charge >= 0.3 is 0 Å². The number of hydrogen-bond donors (Lipinski definition) is 1. The van der Waals surface area contributed by atoms with Gasteiger partial charge < -0.3 is 14.7 Å². The van der Waals surface area contributed by atoms with Gasteiger partial charge in [-0.1, -0.05) is 11.6 Å². The summed E-state index contributed by atoms with van der Waals surface area (Å²) >= 11 is 0. The van der Waals surface area contributed by atoms with E-state index in [0.29, 0.717) is 5.75 Å². The largest absolute Gasteiger partial charge is 0.481 e. The number of aliphatic hydroxyl groups is 1. The van der Waals surface area contributed by atoms with Gasteiger partial charge in [-0.3, -0.25) is 4.79 Å².